The standard InChI is InChI=1S/C67H114O6/c1-4-7-10-13-16-19-22-25-28-31-33-36-39-42-45-48-51-54-57-60-66(69)72-63-64(62-71-65(68)59-56-53-50-47-44-41-38-35-30-27-24-21-18-15-12-9-6-3)73-67(70)61-58-55-52-49-46-43-40-37-34-32-29-26-23-20-17-14-11-8-5-2/h7,10,16,18-19,21,25,27-28,30,32-34,36,42,45,64H,4-6,8-9,11-15,17,20,22-24,26,29,31,35,37-41,43-44,46-63H2,1-3H3/b10-7-,19-16-,21-18-,28-25-,30-27-,34-32-,36-33-,45-42-. The number of carbonyl (C=O) groups excluding carboxylic acids is 3. The smallest absolute Gasteiger partial charge is 0.306 e. The molecule has 0 aromatic heterocycles. The van der Waals surface area contributed by atoms with Crippen LogP contribution in [0.2, 0.25) is 0 Å². The molecule has 0 amide bonds. The van der Waals surface area contributed by atoms with E-state index in [0.717, 1.165) is 109 Å². The molecule has 418 valence electrons. The highest BCUT2D eigenvalue weighted by atomic mass is 16.6. The highest BCUT2D eigenvalue weighted by Gasteiger charge is 2.19. The van der Waals surface area contributed by atoms with Crippen LogP contribution in [-0.4, -0.2) is 37.2 Å². The number of esters is 3. The van der Waals surface area contributed by atoms with E-state index in [4.69, 9.17) is 14.2 Å². The molecule has 0 aliphatic heterocycles. The predicted molar refractivity (Wildman–Crippen MR) is 316 cm³/mol. The fourth-order valence-electron chi connectivity index (χ4n) is 8.44. The summed E-state index contributed by atoms with van der Waals surface area (Å²) in [5.74, 6) is -0.931. The van der Waals surface area contributed by atoms with Crippen LogP contribution >= 0.6 is 0 Å². The molecule has 0 fully saturated rings. The molecule has 0 spiro atoms. The minimum absolute atomic E-state index is 0.0941. The minimum atomic E-state index is -0.799. The third-order valence-corrected chi connectivity index (χ3v) is 13.0. The molecular formula is C67H114O6. The Hall–Kier alpha value is -3.67. The van der Waals surface area contributed by atoms with E-state index >= 15 is 0 Å². The third kappa shape index (κ3) is 59.1. The van der Waals surface area contributed by atoms with Gasteiger partial charge in [0.05, 0.1) is 0 Å². The Morgan fingerprint density at radius 1 is 0.288 bits per heavy atom. The molecule has 6 nitrogen and oxygen atoms in total. The number of allylic oxidation sites excluding steroid dienone is 16. The van der Waals surface area contributed by atoms with Gasteiger partial charge in [-0.05, 0) is 122 Å². The Balaban J connectivity index is 4.46. The van der Waals surface area contributed by atoms with Crippen molar-refractivity contribution in [3.63, 3.8) is 0 Å². The lowest BCUT2D eigenvalue weighted by molar-refractivity contribution is -0.167. The van der Waals surface area contributed by atoms with Gasteiger partial charge in [0.1, 0.15) is 13.2 Å². The summed E-state index contributed by atoms with van der Waals surface area (Å²) in [4.78, 5) is 38.3. The molecule has 0 saturated heterocycles. The topological polar surface area (TPSA) is 78.9 Å². The minimum Gasteiger partial charge on any atom is -0.462 e. The van der Waals surface area contributed by atoms with Crippen LogP contribution < -0.4 is 0 Å². The zero-order valence-corrected chi connectivity index (χ0v) is 47.9. The number of ether oxygens (including phenoxy) is 3. The van der Waals surface area contributed by atoms with Crippen LogP contribution in [0, 0.1) is 0 Å². The van der Waals surface area contributed by atoms with E-state index in [2.05, 4.69) is 118 Å². The SMILES string of the molecule is CC/C=C\C/C=C\C/C=C\C/C=C\C/C=C\CCCCCC(=O)OCC(COC(=O)CCCCCCCCC/C=C\C/C=C\CCCCC)OC(=O)CCCCCCCCC/C=C\CCCCCCCCCC. The normalized spacial score (nSPS) is 12.8. The zero-order chi connectivity index (χ0) is 52.9. The summed E-state index contributed by atoms with van der Waals surface area (Å²) in [5, 5.41) is 0. The number of carbonyl (C=O) groups is 3. The summed E-state index contributed by atoms with van der Waals surface area (Å²) in [6.07, 6.45) is 81.1. The largest absolute Gasteiger partial charge is 0.462 e. The lowest BCUT2D eigenvalue weighted by atomic mass is 10.1. The van der Waals surface area contributed by atoms with E-state index in [1.807, 2.05) is 0 Å². The maximum atomic E-state index is 12.9. The van der Waals surface area contributed by atoms with E-state index in [0.29, 0.717) is 19.3 Å². The maximum absolute atomic E-state index is 12.9. The first-order valence-electron chi connectivity index (χ1n) is 30.7. The first kappa shape index (κ1) is 69.3. The zero-order valence-electron chi connectivity index (χ0n) is 47.9. The van der Waals surface area contributed by atoms with Gasteiger partial charge in [-0.15, -0.1) is 0 Å². The highest BCUT2D eigenvalue weighted by molar-refractivity contribution is 5.71. The van der Waals surface area contributed by atoms with Crippen molar-refractivity contribution in [1.82, 2.24) is 0 Å². The summed E-state index contributed by atoms with van der Waals surface area (Å²) in [5.41, 5.74) is 0. The van der Waals surface area contributed by atoms with Gasteiger partial charge in [-0.3, -0.25) is 14.4 Å². The lowest BCUT2D eigenvalue weighted by Gasteiger charge is -2.18. The Morgan fingerprint density at radius 3 is 0.890 bits per heavy atom. The molecule has 0 bridgehead atoms. The van der Waals surface area contributed by atoms with Gasteiger partial charge in [-0.1, -0.05) is 246 Å². The second-order valence-electron chi connectivity index (χ2n) is 20.2. The maximum Gasteiger partial charge on any atom is 0.306 e. The van der Waals surface area contributed by atoms with E-state index in [1.165, 1.54) is 141 Å². The number of hydrogen-bond donors (Lipinski definition) is 0. The molecule has 0 aromatic carbocycles. The summed E-state index contributed by atoms with van der Waals surface area (Å²) >= 11 is 0. The highest BCUT2D eigenvalue weighted by Crippen LogP contribution is 2.15. The molecule has 1 atom stereocenters. The molecular weight excluding hydrogens is 901 g/mol. The summed E-state index contributed by atoms with van der Waals surface area (Å²) in [7, 11) is 0. The molecule has 6 heteroatoms. The molecule has 0 aliphatic rings. The Morgan fingerprint density at radius 2 is 0.534 bits per heavy atom. The van der Waals surface area contributed by atoms with Crippen LogP contribution in [-0.2, 0) is 28.6 Å². The van der Waals surface area contributed by atoms with Crippen molar-refractivity contribution in [2.45, 2.75) is 297 Å². The van der Waals surface area contributed by atoms with Gasteiger partial charge in [0.2, 0.25) is 0 Å². The van der Waals surface area contributed by atoms with Crippen molar-refractivity contribution < 1.29 is 28.6 Å². The van der Waals surface area contributed by atoms with E-state index in [9.17, 15) is 14.4 Å². The van der Waals surface area contributed by atoms with Gasteiger partial charge in [0.15, 0.2) is 6.10 Å². The van der Waals surface area contributed by atoms with Crippen molar-refractivity contribution in [2.75, 3.05) is 13.2 Å². The molecule has 0 radical (unpaired) electrons. The molecule has 0 N–H and O–H groups in total. The van der Waals surface area contributed by atoms with Crippen molar-refractivity contribution in [1.29, 1.82) is 0 Å². The first-order chi connectivity index (χ1) is 36.0. The van der Waals surface area contributed by atoms with Crippen molar-refractivity contribution >= 4 is 17.9 Å². The van der Waals surface area contributed by atoms with Gasteiger partial charge in [0.25, 0.3) is 0 Å². The second kappa shape index (κ2) is 60.9. The van der Waals surface area contributed by atoms with E-state index in [1.54, 1.807) is 0 Å². The van der Waals surface area contributed by atoms with Gasteiger partial charge in [-0.2, -0.15) is 0 Å². The molecule has 0 aromatic rings. The summed E-state index contributed by atoms with van der Waals surface area (Å²) in [6, 6.07) is 0. The van der Waals surface area contributed by atoms with Crippen LogP contribution in [0.5, 0.6) is 0 Å². The van der Waals surface area contributed by atoms with Gasteiger partial charge in [-0.25, -0.2) is 0 Å². The van der Waals surface area contributed by atoms with Crippen molar-refractivity contribution in [2.24, 2.45) is 0 Å². The summed E-state index contributed by atoms with van der Waals surface area (Å²) in [6.45, 7) is 6.48. The van der Waals surface area contributed by atoms with Crippen LogP contribution in [0.25, 0.3) is 0 Å². The average molecular weight is 1020 g/mol. The van der Waals surface area contributed by atoms with Crippen molar-refractivity contribution in [3.8, 4) is 0 Å². The molecule has 0 rings (SSSR count). The number of hydrogen-bond acceptors (Lipinski definition) is 6. The predicted octanol–water partition coefficient (Wildman–Crippen LogP) is 20.9. The average Bonchev–Trinajstić information content (AvgIpc) is 3.39. The fraction of sp³-hybridized carbons (Fsp3) is 0.716. The van der Waals surface area contributed by atoms with E-state index in [-0.39, 0.29) is 31.1 Å². The van der Waals surface area contributed by atoms with Gasteiger partial charge in [0, 0.05) is 19.3 Å². The Kier molecular flexibility index (Phi) is 57.8. The van der Waals surface area contributed by atoms with E-state index < -0.39 is 6.10 Å². The first-order valence-corrected chi connectivity index (χ1v) is 30.7. The summed E-state index contributed by atoms with van der Waals surface area (Å²) < 4.78 is 16.9. The number of unbranched alkanes of at least 4 members (excludes halogenated alkanes) is 28. The Labute approximate surface area is 451 Å². The van der Waals surface area contributed by atoms with Crippen LogP contribution in [0.3, 0.4) is 0 Å². The van der Waals surface area contributed by atoms with Gasteiger partial charge >= 0.3 is 17.9 Å². The molecule has 0 saturated carbocycles. The monoisotopic (exact) mass is 1010 g/mol. The quantitative estimate of drug-likeness (QED) is 0.0261. The lowest BCUT2D eigenvalue weighted by Crippen LogP contribution is -2.30. The molecule has 0 aliphatic carbocycles. The Bertz CT molecular complexity index is 1440. The van der Waals surface area contributed by atoms with Crippen molar-refractivity contribution in [3.05, 3.63) is 97.2 Å². The van der Waals surface area contributed by atoms with Gasteiger partial charge < -0.3 is 14.2 Å². The molecule has 73 heavy (non-hydrogen) atoms. The fourth-order valence-corrected chi connectivity index (χ4v) is 8.44. The van der Waals surface area contributed by atoms with Crippen LogP contribution in [0.1, 0.15) is 290 Å². The van der Waals surface area contributed by atoms with Crippen LogP contribution in [0.4, 0.5) is 0 Å². The van der Waals surface area contributed by atoms with Crippen LogP contribution in [0.15, 0.2) is 97.2 Å². The number of rotatable bonds is 55. The molecule has 1 unspecified atom stereocenters. The third-order valence-electron chi connectivity index (χ3n) is 13.0. The second-order valence-corrected chi connectivity index (χ2v) is 20.2. The molecule has 0 heterocycles.